The Morgan fingerprint density at radius 1 is 1.04 bits per heavy atom. The largest absolute Gasteiger partial charge is 0.479 e. The number of ether oxygens (including phenoxy) is 3. The Bertz CT molecular complexity index is 744. The van der Waals surface area contributed by atoms with Crippen LogP contribution >= 0.6 is 11.8 Å². The van der Waals surface area contributed by atoms with Crippen molar-refractivity contribution in [3.8, 4) is 0 Å². The number of aliphatic hydroxyl groups is 1. The Morgan fingerprint density at radius 3 is 2.56 bits per heavy atom. The number of benzene rings is 2. The van der Waals surface area contributed by atoms with Gasteiger partial charge in [0.25, 0.3) is 0 Å². The molecule has 0 amide bonds. The van der Waals surface area contributed by atoms with Gasteiger partial charge in [0, 0.05) is 10.5 Å². The molecule has 0 saturated carbocycles. The molecule has 0 spiro atoms. The minimum atomic E-state index is -0.721. The number of thioether (sulfide) groups is 1. The van der Waals surface area contributed by atoms with Crippen LogP contribution in [-0.4, -0.2) is 30.0 Å². The average molecular weight is 356 g/mol. The lowest BCUT2D eigenvalue weighted by Gasteiger charge is -2.41. The van der Waals surface area contributed by atoms with Crippen molar-refractivity contribution in [1.82, 2.24) is 0 Å². The van der Waals surface area contributed by atoms with Gasteiger partial charge in [-0.05, 0) is 25.1 Å². The Labute approximate surface area is 151 Å². The van der Waals surface area contributed by atoms with Crippen LogP contribution in [0.3, 0.4) is 0 Å². The van der Waals surface area contributed by atoms with E-state index in [1.54, 1.807) is 6.08 Å². The highest BCUT2D eigenvalue weighted by molar-refractivity contribution is 8.02. The second-order valence-corrected chi connectivity index (χ2v) is 7.30. The van der Waals surface area contributed by atoms with E-state index in [4.69, 9.17) is 14.2 Å². The first-order valence-corrected chi connectivity index (χ1v) is 9.14. The van der Waals surface area contributed by atoms with Crippen LogP contribution in [0.1, 0.15) is 17.4 Å². The van der Waals surface area contributed by atoms with Gasteiger partial charge in [0.05, 0.1) is 6.61 Å². The maximum absolute atomic E-state index is 10.5. The molecule has 1 saturated heterocycles. The highest BCUT2D eigenvalue weighted by Gasteiger charge is 2.41. The third kappa shape index (κ3) is 3.75. The second-order valence-electron chi connectivity index (χ2n) is 6.22. The molecule has 2 heterocycles. The summed E-state index contributed by atoms with van der Waals surface area (Å²) in [5.74, 6) is 0. The molecule has 0 aromatic heterocycles. The summed E-state index contributed by atoms with van der Waals surface area (Å²) in [4.78, 5) is 1.07. The van der Waals surface area contributed by atoms with Crippen LogP contribution in [0.5, 0.6) is 0 Å². The van der Waals surface area contributed by atoms with Gasteiger partial charge in [-0.15, -0.1) is 0 Å². The van der Waals surface area contributed by atoms with E-state index >= 15 is 0 Å². The standard InChI is InChI=1S/C20H20O4S/c1-13-7-9-15(10-8-13)25-18-11-16(21)19-17(23-18)12-22-20(24-19)14-5-3-2-4-6-14/h2-11,16-17,19-21H,12H2,1H3/t16-,17+,19-,20?/m0/s1. The van der Waals surface area contributed by atoms with Crippen molar-refractivity contribution in [2.45, 2.75) is 36.4 Å². The Morgan fingerprint density at radius 2 is 1.80 bits per heavy atom. The molecule has 0 bridgehead atoms. The third-order valence-corrected chi connectivity index (χ3v) is 5.22. The molecule has 25 heavy (non-hydrogen) atoms. The zero-order chi connectivity index (χ0) is 17.2. The maximum Gasteiger partial charge on any atom is 0.184 e. The smallest absolute Gasteiger partial charge is 0.184 e. The van der Waals surface area contributed by atoms with Crippen molar-refractivity contribution in [2.75, 3.05) is 6.61 Å². The first-order valence-electron chi connectivity index (χ1n) is 8.32. The van der Waals surface area contributed by atoms with Crippen molar-refractivity contribution in [1.29, 1.82) is 0 Å². The summed E-state index contributed by atoms with van der Waals surface area (Å²) >= 11 is 1.50. The zero-order valence-electron chi connectivity index (χ0n) is 13.9. The fourth-order valence-corrected chi connectivity index (χ4v) is 3.82. The number of rotatable bonds is 3. The number of fused-ring (bicyclic) bond motifs is 1. The van der Waals surface area contributed by atoms with Crippen molar-refractivity contribution in [2.24, 2.45) is 0 Å². The highest BCUT2D eigenvalue weighted by Crippen LogP contribution is 2.37. The molecule has 2 aliphatic rings. The SMILES string of the molecule is Cc1ccc(SC2=C[C@H](O)[C@@H]3OC(c4ccccc4)OC[C@H]3O2)cc1. The Kier molecular flexibility index (Phi) is 4.81. The van der Waals surface area contributed by atoms with Gasteiger partial charge in [0.15, 0.2) is 17.5 Å². The van der Waals surface area contributed by atoms with Crippen molar-refractivity contribution < 1.29 is 19.3 Å². The quantitative estimate of drug-likeness (QED) is 0.906. The second kappa shape index (κ2) is 7.22. The molecule has 2 aromatic carbocycles. The Balaban J connectivity index is 1.46. The molecule has 4 atom stereocenters. The van der Waals surface area contributed by atoms with Crippen LogP contribution < -0.4 is 0 Å². The number of hydrogen-bond acceptors (Lipinski definition) is 5. The Hall–Kier alpha value is -1.79. The monoisotopic (exact) mass is 356 g/mol. The topological polar surface area (TPSA) is 47.9 Å². The summed E-state index contributed by atoms with van der Waals surface area (Å²) in [5.41, 5.74) is 2.15. The van der Waals surface area contributed by atoms with Crippen molar-refractivity contribution >= 4 is 11.8 Å². The molecule has 4 rings (SSSR count). The van der Waals surface area contributed by atoms with Crippen LogP contribution in [0, 0.1) is 6.92 Å². The minimum absolute atomic E-state index is 0.312. The summed E-state index contributed by atoms with van der Waals surface area (Å²) in [6, 6.07) is 17.9. The maximum atomic E-state index is 10.5. The summed E-state index contributed by atoms with van der Waals surface area (Å²) < 4.78 is 17.7. The van der Waals surface area contributed by atoms with Crippen molar-refractivity contribution in [3.05, 3.63) is 76.9 Å². The van der Waals surface area contributed by atoms with Gasteiger partial charge >= 0.3 is 0 Å². The molecule has 0 aliphatic carbocycles. The van der Waals surface area contributed by atoms with E-state index in [0.29, 0.717) is 11.7 Å². The minimum Gasteiger partial charge on any atom is -0.479 e. The van der Waals surface area contributed by atoms with Crippen molar-refractivity contribution in [3.63, 3.8) is 0 Å². The van der Waals surface area contributed by atoms with Gasteiger partial charge in [-0.25, -0.2) is 0 Å². The normalized spacial score (nSPS) is 28.6. The van der Waals surface area contributed by atoms with Crippen LogP contribution in [0.4, 0.5) is 0 Å². The summed E-state index contributed by atoms with van der Waals surface area (Å²) in [6.45, 7) is 2.44. The zero-order valence-corrected chi connectivity index (χ0v) is 14.7. The number of hydrogen-bond donors (Lipinski definition) is 1. The summed E-state index contributed by atoms with van der Waals surface area (Å²) in [7, 11) is 0. The van der Waals surface area contributed by atoms with Gasteiger partial charge in [0.1, 0.15) is 12.2 Å². The summed E-state index contributed by atoms with van der Waals surface area (Å²) in [5, 5.41) is 11.2. The molecular formula is C20H20O4S. The van der Waals surface area contributed by atoms with Crippen LogP contribution in [0.25, 0.3) is 0 Å². The molecule has 2 aliphatic heterocycles. The predicted molar refractivity (Wildman–Crippen MR) is 96.0 cm³/mol. The molecule has 0 radical (unpaired) electrons. The first kappa shape index (κ1) is 16.7. The van der Waals surface area contributed by atoms with Gasteiger partial charge in [-0.3, -0.25) is 0 Å². The summed E-state index contributed by atoms with van der Waals surface area (Å²) in [6.07, 6.45) is -0.213. The molecule has 4 nitrogen and oxygen atoms in total. The average Bonchev–Trinajstić information content (AvgIpc) is 2.64. The lowest BCUT2D eigenvalue weighted by molar-refractivity contribution is -0.277. The third-order valence-electron chi connectivity index (χ3n) is 4.28. The fourth-order valence-electron chi connectivity index (χ4n) is 2.94. The lowest BCUT2D eigenvalue weighted by atomic mass is 10.0. The molecular weight excluding hydrogens is 336 g/mol. The van der Waals surface area contributed by atoms with E-state index in [9.17, 15) is 5.11 Å². The van der Waals surface area contributed by atoms with Gasteiger partial charge in [0.2, 0.25) is 0 Å². The van der Waals surface area contributed by atoms with Gasteiger partial charge in [-0.2, -0.15) is 0 Å². The van der Waals surface area contributed by atoms with Crippen LogP contribution in [-0.2, 0) is 14.2 Å². The lowest BCUT2D eigenvalue weighted by Crippen LogP contribution is -2.50. The molecule has 5 heteroatoms. The molecule has 2 aromatic rings. The highest BCUT2D eigenvalue weighted by atomic mass is 32.2. The van der Waals surface area contributed by atoms with E-state index in [0.717, 1.165) is 10.5 Å². The van der Waals surface area contributed by atoms with E-state index < -0.39 is 18.5 Å². The molecule has 130 valence electrons. The molecule has 1 unspecified atom stereocenters. The fraction of sp³-hybridized carbons (Fsp3) is 0.300. The van der Waals surface area contributed by atoms with Crippen LogP contribution in [0.2, 0.25) is 0 Å². The van der Waals surface area contributed by atoms with Gasteiger partial charge < -0.3 is 19.3 Å². The van der Waals surface area contributed by atoms with E-state index in [1.165, 1.54) is 17.3 Å². The van der Waals surface area contributed by atoms with Gasteiger partial charge in [-0.1, -0.05) is 59.8 Å². The first-order chi connectivity index (χ1) is 12.2. The predicted octanol–water partition coefficient (Wildman–Crippen LogP) is 3.80. The number of aryl methyl sites for hydroxylation is 1. The van der Waals surface area contributed by atoms with E-state index in [1.807, 2.05) is 42.5 Å². The molecule has 1 fully saturated rings. The van der Waals surface area contributed by atoms with Crippen LogP contribution in [0.15, 0.2) is 70.7 Å². The van der Waals surface area contributed by atoms with E-state index in [-0.39, 0.29) is 6.10 Å². The van der Waals surface area contributed by atoms with E-state index in [2.05, 4.69) is 19.1 Å². The molecule has 1 N–H and O–H groups in total. The number of aliphatic hydroxyl groups excluding tert-OH is 1.